The van der Waals surface area contributed by atoms with Crippen LogP contribution < -0.4 is 5.32 Å². The summed E-state index contributed by atoms with van der Waals surface area (Å²) in [5, 5.41) is 3.28. The number of carbonyl (C=O) groups is 1. The number of hydrogen-bond donors (Lipinski definition) is 1. The molecule has 1 saturated heterocycles. The van der Waals surface area contributed by atoms with Crippen LogP contribution in [0, 0.1) is 11.7 Å². The standard InChI is InChI=1S/C16H23FN2O/c1-3-19(16(20)14-8-10-18-11-9-14)12(2)13-4-6-15(17)7-5-13/h4-7,12,14,18H,3,8-11H2,1-2H3. The average molecular weight is 278 g/mol. The predicted octanol–water partition coefficient (Wildman–Crippen LogP) is 2.73. The van der Waals surface area contributed by atoms with Gasteiger partial charge >= 0.3 is 0 Å². The minimum Gasteiger partial charge on any atom is -0.336 e. The molecule has 0 saturated carbocycles. The number of amides is 1. The first-order valence-corrected chi connectivity index (χ1v) is 7.40. The summed E-state index contributed by atoms with van der Waals surface area (Å²) in [5.74, 6) is 0.110. The maximum absolute atomic E-state index is 13.0. The lowest BCUT2D eigenvalue weighted by molar-refractivity contribution is -0.138. The molecular formula is C16H23FN2O. The van der Waals surface area contributed by atoms with E-state index in [9.17, 15) is 9.18 Å². The summed E-state index contributed by atoms with van der Waals surface area (Å²) in [6.45, 7) is 6.52. The number of hydrogen-bond acceptors (Lipinski definition) is 2. The van der Waals surface area contributed by atoms with Crippen molar-refractivity contribution in [3.8, 4) is 0 Å². The van der Waals surface area contributed by atoms with Crippen molar-refractivity contribution in [1.29, 1.82) is 0 Å². The number of piperidine rings is 1. The van der Waals surface area contributed by atoms with E-state index in [2.05, 4.69) is 5.32 Å². The van der Waals surface area contributed by atoms with E-state index < -0.39 is 0 Å². The number of nitrogens with zero attached hydrogens (tertiary/aromatic N) is 1. The van der Waals surface area contributed by atoms with Crippen molar-refractivity contribution in [3.63, 3.8) is 0 Å². The van der Waals surface area contributed by atoms with Crippen LogP contribution in [-0.2, 0) is 4.79 Å². The van der Waals surface area contributed by atoms with Crippen LogP contribution in [-0.4, -0.2) is 30.4 Å². The third kappa shape index (κ3) is 3.37. The summed E-state index contributed by atoms with van der Waals surface area (Å²) in [6.07, 6.45) is 1.82. The summed E-state index contributed by atoms with van der Waals surface area (Å²) in [6, 6.07) is 6.42. The number of benzene rings is 1. The Kier molecular flexibility index (Phi) is 5.12. The second-order valence-corrected chi connectivity index (χ2v) is 5.38. The Hall–Kier alpha value is -1.42. The van der Waals surface area contributed by atoms with Crippen molar-refractivity contribution in [1.82, 2.24) is 10.2 Å². The van der Waals surface area contributed by atoms with Gasteiger partial charge in [-0.05, 0) is 57.5 Å². The molecule has 1 N–H and O–H groups in total. The summed E-state index contributed by atoms with van der Waals surface area (Å²) in [7, 11) is 0. The highest BCUT2D eigenvalue weighted by molar-refractivity contribution is 5.79. The van der Waals surface area contributed by atoms with E-state index in [0.29, 0.717) is 6.54 Å². The molecule has 0 aromatic heterocycles. The van der Waals surface area contributed by atoms with Crippen molar-refractivity contribution in [2.24, 2.45) is 5.92 Å². The molecule has 1 aliphatic heterocycles. The maximum atomic E-state index is 13.0. The van der Waals surface area contributed by atoms with Crippen LogP contribution in [0.1, 0.15) is 38.3 Å². The molecular weight excluding hydrogens is 255 g/mol. The van der Waals surface area contributed by atoms with Gasteiger partial charge in [0.2, 0.25) is 5.91 Å². The molecule has 1 aromatic carbocycles. The van der Waals surface area contributed by atoms with E-state index in [1.807, 2.05) is 18.7 Å². The Morgan fingerprint density at radius 2 is 1.95 bits per heavy atom. The minimum atomic E-state index is -0.242. The first-order valence-electron chi connectivity index (χ1n) is 7.40. The largest absolute Gasteiger partial charge is 0.336 e. The normalized spacial score (nSPS) is 17.8. The quantitative estimate of drug-likeness (QED) is 0.918. The molecule has 1 heterocycles. The summed E-state index contributed by atoms with van der Waals surface area (Å²) in [5.41, 5.74) is 0.982. The van der Waals surface area contributed by atoms with E-state index in [-0.39, 0.29) is 23.7 Å². The van der Waals surface area contributed by atoms with Crippen LogP contribution in [0.2, 0.25) is 0 Å². The molecule has 1 unspecified atom stereocenters. The lowest BCUT2D eigenvalue weighted by Gasteiger charge is -2.33. The number of carbonyl (C=O) groups excluding carboxylic acids is 1. The van der Waals surface area contributed by atoms with Crippen molar-refractivity contribution >= 4 is 5.91 Å². The van der Waals surface area contributed by atoms with Crippen LogP contribution in [0.15, 0.2) is 24.3 Å². The molecule has 20 heavy (non-hydrogen) atoms. The highest BCUT2D eigenvalue weighted by atomic mass is 19.1. The van der Waals surface area contributed by atoms with Gasteiger partial charge in [-0.1, -0.05) is 12.1 Å². The zero-order valence-corrected chi connectivity index (χ0v) is 12.2. The Balaban J connectivity index is 2.09. The van der Waals surface area contributed by atoms with Gasteiger partial charge in [0.25, 0.3) is 0 Å². The van der Waals surface area contributed by atoms with Crippen LogP contribution in [0.25, 0.3) is 0 Å². The van der Waals surface area contributed by atoms with Crippen molar-refractivity contribution in [2.45, 2.75) is 32.7 Å². The lowest BCUT2D eigenvalue weighted by Crippen LogP contribution is -2.42. The summed E-state index contributed by atoms with van der Waals surface area (Å²) >= 11 is 0. The zero-order chi connectivity index (χ0) is 14.5. The molecule has 0 aliphatic carbocycles. The van der Waals surface area contributed by atoms with Crippen LogP contribution in [0.5, 0.6) is 0 Å². The highest BCUT2D eigenvalue weighted by Crippen LogP contribution is 2.24. The van der Waals surface area contributed by atoms with Gasteiger partial charge in [0, 0.05) is 12.5 Å². The van der Waals surface area contributed by atoms with Gasteiger partial charge < -0.3 is 10.2 Å². The van der Waals surface area contributed by atoms with E-state index in [0.717, 1.165) is 31.5 Å². The molecule has 1 aromatic rings. The van der Waals surface area contributed by atoms with E-state index in [1.54, 1.807) is 12.1 Å². The van der Waals surface area contributed by atoms with Crippen LogP contribution in [0.3, 0.4) is 0 Å². The molecule has 1 amide bonds. The van der Waals surface area contributed by atoms with Crippen molar-refractivity contribution in [3.05, 3.63) is 35.6 Å². The molecule has 110 valence electrons. The Morgan fingerprint density at radius 1 is 1.35 bits per heavy atom. The minimum absolute atomic E-state index is 0.0111. The van der Waals surface area contributed by atoms with E-state index >= 15 is 0 Å². The fourth-order valence-corrected chi connectivity index (χ4v) is 2.85. The molecule has 4 heteroatoms. The monoisotopic (exact) mass is 278 g/mol. The number of halogens is 1. The molecule has 1 atom stereocenters. The second kappa shape index (κ2) is 6.84. The Labute approximate surface area is 120 Å². The third-order valence-electron chi connectivity index (χ3n) is 4.13. The topological polar surface area (TPSA) is 32.3 Å². The average Bonchev–Trinajstić information content (AvgIpc) is 2.49. The lowest BCUT2D eigenvalue weighted by atomic mass is 9.95. The molecule has 1 aliphatic rings. The van der Waals surface area contributed by atoms with Gasteiger partial charge in [0.05, 0.1) is 6.04 Å². The summed E-state index contributed by atoms with van der Waals surface area (Å²) in [4.78, 5) is 14.5. The smallest absolute Gasteiger partial charge is 0.226 e. The summed E-state index contributed by atoms with van der Waals surface area (Å²) < 4.78 is 13.0. The first kappa shape index (κ1) is 15.0. The number of rotatable bonds is 4. The van der Waals surface area contributed by atoms with E-state index in [1.165, 1.54) is 12.1 Å². The van der Waals surface area contributed by atoms with Gasteiger partial charge in [-0.2, -0.15) is 0 Å². The molecule has 0 radical (unpaired) electrons. The van der Waals surface area contributed by atoms with E-state index in [4.69, 9.17) is 0 Å². The van der Waals surface area contributed by atoms with Gasteiger partial charge in [0.15, 0.2) is 0 Å². The molecule has 0 spiro atoms. The first-order chi connectivity index (χ1) is 9.63. The van der Waals surface area contributed by atoms with Crippen molar-refractivity contribution < 1.29 is 9.18 Å². The third-order valence-corrected chi connectivity index (χ3v) is 4.13. The van der Waals surface area contributed by atoms with Crippen LogP contribution in [0.4, 0.5) is 4.39 Å². The molecule has 1 fully saturated rings. The molecule has 3 nitrogen and oxygen atoms in total. The Bertz CT molecular complexity index is 440. The number of nitrogens with one attached hydrogen (secondary N) is 1. The highest BCUT2D eigenvalue weighted by Gasteiger charge is 2.28. The van der Waals surface area contributed by atoms with Gasteiger partial charge in [-0.3, -0.25) is 4.79 Å². The van der Waals surface area contributed by atoms with Gasteiger partial charge in [-0.25, -0.2) is 4.39 Å². The fraction of sp³-hybridized carbons (Fsp3) is 0.562. The maximum Gasteiger partial charge on any atom is 0.226 e. The van der Waals surface area contributed by atoms with Crippen LogP contribution >= 0.6 is 0 Å². The second-order valence-electron chi connectivity index (χ2n) is 5.38. The SMILES string of the molecule is CCN(C(=O)C1CCNCC1)C(C)c1ccc(F)cc1. The van der Waals surface area contributed by atoms with Gasteiger partial charge in [-0.15, -0.1) is 0 Å². The van der Waals surface area contributed by atoms with Gasteiger partial charge in [0.1, 0.15) is 5.82 Å². The molecule has 0 bridgehead atoms. The Morgan fingerprint density at radius 3 is 2.50 bits per heavy atom. The molecule has 2 rings (SSSR count). The van der Waals surface area contributed by atoms with Crippen molar-refractivity contribution in [2.75, 3.05) is 19.6 Å². The predicted molar refractivity (Wildman–Crippen MR) is 77.8 cm³/mol. The fourth-order valence-electron chi connectivity index (χ4n) is 2.85. The zero-order valence-electron chi connectivity index (χ0n) is 12.2.